The lowest BCUT2D eigenvalue weighted by molar-refractivity contribution is -0.00895. The van der Waals surface area contributed by atoms with E-state index >= 15 is 0 Å². The second kappa shape index (κ2) is 6.64. The van der Waals surface area contributed by atoms with Gasteiger partial charge in [-0.2, -0.15) is 0 Å². The Morgan fingerprint density at radius 3 is 2.71 bits per heavy atom. The zero-order chi connectivity index (χ0) is 15.6. The van der Waals surface area contributed by atoms with Crippen molar-refractivity contribution in [2.75, 3.05) is 6.54 Å². The third kappa shape index (κ3) is 3.58. The van der Waals surface area contributed by atoms with Crippen LogP contribution in [0.2, 0.25) is 5.02 Å². The first-order valence-corrected chi connectivity index (χ1v) is 8.07. The summed E-state index contributed by atoms with van der Waals surface area (Å²) in [7, 11) is 0. The fraction of sp³-hybridized carbons (Fsp3) is 0.647. The van der Waals surface area contributed by atoms with E-state index in [4.69, 9.17) is 17.3 Å². The van der Waals surface area contributed by atoms with Gasteiger partial charge in [-0.1, -0.05) is 44.4 Å². The molecular formula is C17H25ClFNO. The number of hydrogen-bond donors (Lipinski definition) is 2. The molecule has 0 spiro atoms. The summed E-state index contributed by atoms with van der Waals surface area (Å²) in [6, 6.07) is 4.31. The third-order valence-electron chi connectivity index (χ3n) is 5.03. The summed E-state index contributed by atoms with van der Waals surface area (Å²) in [4.78, 5) is 0. The number of halogens is 2. The van der Waals surface area contributed by atoms with Crippen LogP contribution in [0.25, 0.3) is 0 Å². The molecule has 0 amide bonds. The average molecular weight is 314 g/mol. The summed E-state index contributed by atoms with van der Waals surface area (Å²) >= 11 is 6.15. The molecule has 1 fully saturated rings. The summed E-state index contributed by atoms with van der Waals surface area (Å²) in [5.41, 5.74) is 6.74. The molecule has 1 aromatic rings. The molecule has 118 valence electrons. The Labute approximate surface area is 131 Å². The van der Waals surface area contributed by atoms with Gasteiger partial charge in [-0.15, -0.1) is 0 Å². The Morgan fingerprint density at radius 2 is 2.14 bits per heavy atom. The minimum Gasteiger partial charge on any atom is -0.392 e. The van der Waals surface area contributed by atoms with E-state index in [1.165, 1.54) is 18.6 Å². The van der Waals surface area contributed by atoms with E-state index in [1.54, 1.807) is 6.07 Å². The van der Waals surface area contributed by atoms with E-state index in [1.807, 2.05) is 0 Å². The van der Waals surface area contributed by atoms with Crippen LogP contribution in [-0.4, -0.2) is 17.8 Å². The highest BCUT2D eigenvalue weighted by Gasteiger charge is 2.40. The van der Waals surface area contributed by atoms with Gasteiger partial charge in [0, 0.05) is 17.5 Å². The van der Waals surface area contributed by atoms with Crippen molar-refractivity contribution in [1.82, 2.24) is 0 Å². The molecule has 0 radical (unpaired) electrons. The molecule has 0 bridgehead atoms. The van der Waals surface area contributed by atoms with E-state index in [-0.39, 0.29) is 23.1 Å². The first kappa shape index (κ1) is 16.7. The molecule has 1 saturated carbocycles. The fourth-order valence-electron chi connectivity index (χ4n) is 3.69. The molecule has 1 aromatic carbocycles. The Balaban J connectivity index is 2.27. The number of aliphatic hydroxyl groups is 1. The highest BCUT2D eigenvalue weighted by molar-refractivity contribution is 6.31. The van der Waals surface area contributed by atoms with Gasteiger partial charge in [0.15, 0.2) is 0 Å². The van der Waals surface area contributed by atoms with Crippen LogP contribution in [0.4, 0.5) is 4.39 Å². The Kier molecular flexibility index (Phi) is 5.29. The topological polar surface area (TPSA) is 46.2 Å². The van der Waals surface area contributed by atoms with Crippen molar-refractivity contribution in [3.8, 4) is 0 Å². The molecule has 0 aromatic heterocycles. The van der Waals surface area contributed by atoms with E-state index in [0.717, 1.165) is 24.8 Å². The normalized spacial score (nSPS) is 24.6. The van der Waals surface area contributed by atoms with Gasteiger partial charge in [0.25, 0.3) is 0 Å². The second-order valence-electron chi connectivity index (χ2n) is 6.84. The van der Waals surface area contributed by atoms with Gasteiger partial charge in [-0.05, 0) is 41.9 Å². The van der Waals surface area contributed by atoms with Crippen LogP contribution in [0.15, 0.2) is 18.2 Å². The maximum atomic E-state index is 13.2. The molecule has 2 nitrogen and oxygen atoms in total. The molecule has 21 heavy (non-hydrogen) atoms. The SMILES string of the molecule is CC1(C)CCCCC1C(O)C(CN)c1ccc(F)cc1Cl. The summed E-state index contributed by atoms with van der Waals surface area (Å²) in [5, 5.41) is 11.2. The van der Waals surface area contributed by atoms with Crippen molar-refractivity contribution < 1.29 is 9.50 Å². The molecule has 0 saturated heterocycles. The van der Waals surface area contributed by atoms with Crippen molar-refractivity contribution in [3.63, 3.8) is 0 Å². The smallest absolute Gasteiger partial charge is 0.124 e. The van der Waals surface area contributed by atoms with Gasteiger partial charge in [-0.25, -0.2) is 4.39 Å². The quantitative estimate of drug-likeness (QED) is 0.879. The second-order valence-corrected chi connectivity index (χ2v) is 7.25. The van der Waals surface area contributed by atoms with Gasteiger partial charge in [0.05, 0.1) is 6.10 Å². The van der Waals surface area contributed by atoms with Crippen LogP contribution >= 0.6 is 11.6 Å². The molecule has 1 aliphatic rings. The molecule has 2 rings (SSSR count). The molecular weight excluding hydrogens is 289 g/mol. The monoisotopic (exact) mass is 313 g/mol. The number of rotatable bonds is 4. The molecule has 3 unspecified atom stereocenters. The Morgan fingerprint density at radius 1 is 1.43 bits per heavy atom. The highest BCUT2D eigenvalue weighted by Crippen LogP contribution is 2.45. The zero-order valence-corrected chi connectivity index (χ0v) is 13.5. The minimum atomic E-state index is -0.548. The number of nitrogens with two attached hydrogens (primary N) is 1. The van der Waals surface area contributed by atoms with Gasteiger partial charge in [-0.3, -0.25) is 0 Å². The number of hydrogen-bond acceptors (Lipinski definition) is 2. The lowest BCUT2D eigenvalue weighted by atomic mass is 9.64. The van der Waals surface area contributed by atoms with Gasteiger partial charge >= 0.3 is 0 Å². The molecule has 3 N–H and O–H groups in total. The van der Waals surface area contributed by atoms with Gasteiger partial charge in [0.1, 0.15) is 5.82 Å². The summed E-state index contributed by atoms with van der Waals surface area (Å²) in [6.07, 6.45) is 3.92. The summed E-state index contributed by atoms with van der Waals surface area (Å²) in [5.74, 6) is -0.423. The van der Waals surface area contributed by atoms with Crippen LogP contribution in [0.5, 0.6) is 0 Å². The average Bonchev–Trinajstić information content (AvgIpc) is 2.41. The summed E-state index contributed by atoms with van der Waals surface area (Å²) < 4.78 is 13.2. The van der Waals surface area contributed by atoms with E-state index in [0.29, 0.717) is 11.6 Å². The Hall–Kier alpha value is -0.640. The van der Waals surface area contributed by atoms with Gasteiger partial charge in [0.2, 0.25) is 0 Å². The summed E-state index contributed by atoms with van der Waals surface area (Å²) in [6.45, 7) is 4.72. The van der Waals surface area contributed by atoms with Crippen molar-refractivity contribution in [3.05, 3.63) is 34.6 Å². The van der Waals surface area contributed by atoms with Crippen LogP contribution in [-0.2, 0) is 0 Å². The fourth-order valence-corrected chi connectivity index (χ4v) is 3.99. The first-order valence-electron chi connectivity index (χ1n) is 7.70. The minimum absolute atomic E-state index is 0.0948. The zero-order valence-electron chi connectivity index (χ0n) is 12.8. The molecule has 0 aliphatic heterocycles. The maximum Gasteiger partial charge on any atom is 0.124 e. The van der Waals surface area contributed by atoms with E-state index < -0.39 is 6.10 Å². The number of benzene rings is 1. The van der Waals surface area contributed by atoms with Crippen LogP contribution in [0.1, 0.15) is 51.0 Å². The van der Waals surface area contributed by atoms with Crippen molar-refractivity contribution >= 4 is 11.6 Å². The third-order valence-corrected chi connectivity index (χ3v) is 5.36. The van der Waals surface area contributed by atoms with E-state index in [9.17, 15) is 9.50 Å². The van der Waals surface area contributed by atoms with Crippen LogP contribution < -0.4 is 5.73 Å². The van der Waals surface area contributed by atoms with Crippen molar-refractivity contribution in [1.29, 1.82) is 0 Å². The lowest BCUT2D eigenvalue weighted by Crippen LogP contribution is -2.42. The highest BCUT2D eigenvalue weighted by atomic mass is 35.5. The molecule has 4 heteroatoms. The maximum absolute atomic E-state index is 13.2. The predicted molar refractivity (Wildman–Crippen MR) is 85.0 cm³/mol. The predicted octanol–water partition coefficient (Wildman–Crippen LogP) is 4.10. The molecule has 0 heterocycles. The first-order chi connectivity index (χ1) is 9.86. The van der Waals surface area contributed by atoms with Crippen LogP contribution in [0.3, 0.4) is 0 Å². The largest absolute Gasteiger partial charge is 0.392 e. The standard InChI is InChI=1S/C17H25ClFNO/c1-17(2)8-4-3-5-14(17)16(21)13(10-20)12-7-6-11(19)9-15(12)18/h6-7,9,13-14,16,21H,3-5,8,10,20H2,1-2H3. The molecule has 1 aliphatic carbocycles. The van der Waals surface area contributed by atoms with Crippen molar-refractivity contribution in [2.24, 2.45) is 17.1 Å². The Bertz CT molecular complexity index is 492. The van der Waals surface area contributed by atoms with E-state index in [2.05, 4.69) is 13.8 Å². The van der Waals surface area contributed by atoms with Crippen LogP contribution in [0, 0.1) is 17.2 Å². The molecule has 3 atom stereocenters. The van der Waals surface area contributed by atoms with Gasteiger partial charge < -0.3 is 10.8 Å². The number of aliphatic hydroxyl groups excluding tert-OH is 1. The van der Waals surface area contributed by atoms with Crippen molar-refractivity contribution in [2.45, 2.75) is 51.6 Å². The lowest BCUT2D eigenvalue weighted by Gasteiger charge is -2.43.